The first-order valence-corrected chi connectivity index (χ1v) is 8.67. The molecule has 2 aromatic rings. The Balaban J connectivity index is 0.000000816. The summed E-state index contributed by atoms with van der Waals surface area (Å²) >= 11 is 0. The second-order valence-electron chi connectivity index (χ2n) is 8.22. The molecule has 0 spiro atoms. The fourth-order valence-electron chi connectivity index (χ4n) is 2.15. The molecule has 0 atom stereocenters. The van der Waals surface area contributed by atoms with Gasteiger partial charge in [-0.1, -0.05) is 92.1 Å². The molecule has 0 unspecified atom stereocenters. The maximum Gasteiger partial charge on any atom is 0.0702 e. The molecule has 0 saturated heterocycles. The van der Waals surface area contributed by atoms with Gasteiger partial charge in [0.15, 0.2) is 0 Å². The number of hydrogen-bond acceptors (Lipinski definition) is 1. The van der Waals surface area contributed by atoms with E-state index in [-0.39, 0.29) is 10.8 Å². The standard InChI is InChI=1S/C19H25N.C3H8/c1-18(2,3)15-9-7-14(8-10-15)17-12-11-16(13-20-17)19(4,5)6;1-3-2/h7-13H,1-6H3;3H2,1-2H3. The third-order valence-electron chi connectivity index (χ3n) is 3.68. The van der Waals surface area contributed by atoms with Crippen molar-refractivity contribution in [1.29, 1.82) is 0 Å². The second kappa shape index (κ2) is 7.77. The lowest BCUT2D eigenvalue weighted by atomic mass is 9.86. The number of aromatic nitrogens is 1. The van der Waals surface area contributed by atoms with E-state index < -0.39 is 0 Å². The van der Waals surface area contributed by atoms with Crippen molar-refractivity contribution in [2.45, 2.75) is 72.6 Å². The SMILES string of the molecule is CC(C)(C)c1ccc(-c2ccc(C(C)(C)C)cn2)cc1.CCC. The third kappa shape index (κ3) is 5.82. The zero-order chi connectivity index (χ0) is 17.7. The average Bonchev–Trinajstić information content (AvgIpc) is 2.47. The van der Waals surface area contributed by atoms with Gasteiger partial charge in [0.25, 0.3) is 0 Å². The lowest BCUT2D eigenvalue weighted by Gasteiger charge is -2.20. The Morgan fingerprint density at radius 2 is 1.13 bits per heavy atom. The van der Waals surface area contributed by atoms with Gasteiger partial charge in [-0.2, -0.15) is 0 Å². The van der Waals surface area contributed by atoms with Crippen molar-refractivity contribution in [1.82, 2.24) is 4.98 Å². The first-order valence-electron chi connectivity index (χ1n) is 8.67. The van der Waals surface area contributed by atoms with E-state index in [9.17, 15) is 0 Å². The van der Waals surface area contributed by atoms with Gasteiger partial charge >= 0.3 is 0 Å². The summed E-state index contributed by atoms with van der Waals surface area (Å²) in [6, 6.07) is 13.0. The minimum absolute atomic E-state index is 0.154. The number of pyridine rings is 1. The van der Waals surface area contributed by atoms with E-state index in [4.69, 9.17) is 0 Å². The molecule has 0 N–H and O–H groups in total. The van der Waals surface area contributed by atoms with Crippen LogP contribution >= 0.6 is 0 Å². The summed E-state index contributed by atoms with van der Waals surface area (Å²) in [7, 11) is 0. The highest BCUT2D eigenvalue weighted by Gasteiger charge is 2.15. The summed E-state index contributed by atoms with van der Waals surface area (Å²) in [6.07, 6.45) is 3.24. The van der Waals surface area contributed by atoms with Gasteiger partial charge < -0.3 is 0 Å². The molecule has 1 nitrogen and oxygen atoms in total. The van der Waals surface area contributed by atoms with Crippen molar-refractivity contribution >= 4 is 0 Å². The van der Waals surface area contributed by atoms with Crippen molar-refractivity contribution in [2.24, 2.45) is 0 Å². The van der Waals surface area contributed by atoms with Crippen molar-refractivity contribution in [3.8, 4) is 11.3 Å². The fourth-order valence-corrected chi connectivity index (χ4v) is 2.15. The van der Waals surface area contributed by atoms with Gasteiger partial charge in [-0.05, 0) is 28.0 Å². The molecule has 126 valence electrons. The lowest BCUT2D eigenvalue weighted by Crippen LogP contribution is -2.11. The zero-order valence-corrected chi connectivity index (χ0v) is 16.2. The molecule has 2 rings (SSSR count). The molecule has 0 bridgehead atoms. The van der Waals surface area contributed by atoms with Crippen LogP contribution in [0.3, 0.4) is 0 Å². The number of benzene rings is 1. The van der Waals surface area contributed by atoms with Crippen LogP contribution in [-0.4, -0.2) is 4.98 Å². The fraction of sp³-hybridized carbons (Fsp3) is 0.500. The Labute approximate surface area is 143 Å². The van der Waals surface area contributed by atoms with Crippen LogP contribution in [0.15, 0.2) is 42.6 Å². The lowest BCUT2D eigenvalue weighted by molar-refractivity contribution is 0.587. The summed E-state index contributed by atoms with van der Waals surface area (Å²) in [4.78, 5) is 4.61. The molecular weight excluding hydrogens is 278 g/mol. The summed E-state index contributed by atoms with van der Waals surface area (Å²) in [5.41, 5.74) is 5.20. The normalized spacial score (nSPS) is 11.7. The molecule has 0 aliphatic heterocycles. The van der Waals surface area contributed by atoms with Gasteiger partial charge in [0.1, 0.15) is 0 Å². The van der Waals surface area contributed by atoms with Gasteiger partial charge in [-0.3, -0.25) is 4.98 Å². The number of hydrogen-bond donors (Lipinski definition) is 0. The first kappa shape index (κ1) is 19.4. The summed E-state index contributed by atoms with van der Waals surface area (Å²) in [5.74, 6) is 0. The average molecular weight is 312 g/mol. The van der Waals surface area contributed by atoms with Crippen molar-refractivity contribution in [2.75, 3.05) is 0 Å². The minimum atomic E-state index is 0.154. The smallest absolute Gasteiger partial charge is 0.0702 e. The van der Waals surface area contributed by atoms with E-state index in [0.29, 0.717) is 0 Å². The Morgan fingerprint density at radius 1 is 0.696 bits per heavy atom. The van der Waals surface area contributed by atoms with Crippen molar-refractivity contribution < 1.29 is 0 Å². The van der Waals surface area contributed by atoms with E-state index in [2.05, 4.69) is 96.8 Å². The predicted molar refractivity (Wildman–Crippen MR) is 103 cm³/mol. The molecular formula is C22H33N. The largest absolute Gasteiger partial charge is 0.256 e. The second-order valence-corrected chi connectivity index (χ2v) is 8.22. The van der Waals surface area contributed by atoms with Crippen molar-refractivity contribution in [3.05, 3.63) is 53.7 Å². The quantitative estimate of drug-likeness (QED) is 0.567. The topological polar surface area (TPSA) is 12.9 Å². The molecule has 1 aromatic carbocycles. The van der Waals surface area contributed by atoms with Gasteiger partial charge in [0.05, 0.1) is 5.69 Å². The predicted octanol–water partition coefficient (Wildman–Crippen LogP) is 6.76. The molecule has 0 aliphatic rings. The van der Waals surface area contributed by atoms with Crippen LogP contribution in [0.1, 0.15) is 72.9 Å². The maximum absolute atomic E-state index is 4.61. The number of rotatable bonds is 1. The van der Waals surface area contributed by atoms with Crippen LogP contribution in [0.25, 0.3) is 11.3 Å². The molecule has 0 amide bonds. The molecule has 0 radical (unpaired) electrons. The Morgan fingerprint density at radius 3 is 1.48 bits per heavy atom. The molecule has 23 heavy (non-hydrogen) atoms. The zero-order valence-electron chi connectivity index (χ0n) is 16.2. The van der Waals surface area contributed by atoms with Gasteiger partial charge in [-0.25, -0.2) is 0 Å². The Hall–Kier alpha value is -1.63. The monoisotopic (exact) mass is 311 g/mol. The third-order valence-corrected chi connectivity index (χ3v) is 3.68. The van der Waals surface area contributed by atoms with E-state index in [1.807, 2.05) is 6.20 Å². The Kier molecular flexibility index (Phi) is 6.56. The molecule has 1 heteroatoms. The van der Waals surface area contributed by atoms with Crippen LogP contribution in [0.5, 0.6) is 0 Å². The molecule has 0 fully saturated rings. The van der Waals surface area contributed by atoms with Crippen LogP contribution in [0.2, 0.25) is 0 Å². The van der Waals surface area contributed by atoms with Crippen LogP contribution < -0.4 is 0 Å². The summed E-state index contributed by atoms with van der Waals surface area (Å²) in [6.45, 7) is 17.6. The van der Waals surface area contributed by atoms with E-state index in [0.717, 1.165) is 5.69 Å². The molecule has 0 aliphatic carbocycles. The number of nitrogens with zero attached hydrogens (tertiary/aromatic N) is 1. The Bertz CT molecular complexity index is 522. The molecule has 1 aromatic heterocycles. The highest BCUT2D eigenvalue weighted by Crippen LogP contribution is 2.27. The molecule has 1 heterocycles. The van der Waals surface area contributed by atoms with Crippen LogP contribution in [-0.2, 0) is 10.8 Å². The minimum Gasteiger partial charge on any atom is -0.256 e. The molecule has 0 saturated carbocycles. The highest BCUT2D eigenvalue weighted by molar-refractivity contribution is 5.59. The summed E-state index contributed by atoms with van der Waals surface area (Å²) < 4.78 is 0. The van der Waals surface area contributed by atoms with E-state index in [1.165, 1.54) is 23.1 Å². The van der Waals surface area contributed by atoms with Gasteiger partial charge in [0.2, 0.25) is 0 Å². The van der Waals surface area contributed by atoms with Gasteiger partial charge in [-0.15, -0.1) is 0 Å². The van der Waals surface area contributed by atoms with Crippen LogP contribution in [0, 0.1) is 0 Å². The first-order chi connectivity index (χ1) is 10.6. The van der Waals surface area contributed by atoms with E-state index in [1.54, 1.807) is 0 Å². The van der Waals surface area contributed by atoms with E-state index >= 15 is 0 Å². The highest BCUT2D eigenvalue weighted by atomic mass is 14.7. The maximum atomic E-state index is 4.61. The van der Waals surface area contributed by atoms with Gasteiger partial charge in [0, 0.05) is 11.8 Å². The summed E-state index contributed by atoms with van der Waals surface area (Å²) in [5, 5.41) is 0. The van der Waals surface area contributed by atoms with Crippen molar-refractivity contribution in [3.63, 3.8) is 0 Å². The van der Waals surface area contributed by atoms with Crippen LogP contribution in [0.4, 0.5) is 0 Å².